The SMILES string of the molecule is CC(C)c1ccccc1-c1cc(Oc2ccc(C3CCN(C)CC3)c(C(F)(F)F)c2)nc(NSc2cccc(N)c2)n1. The van der Waals surface area contributed by atoms with Gasteiger partial charge < -0.3 is 15.4 Å². The summed E-state index contributed by atoms with van der Waals surface area (Å²) in [6, 6.07) is 21.2. The van der Waals surface area contributed by atoms with Crippen molar-refractivity contribution < 1.29 is 17.9 Å². The van der Waals surface area contributed by atoms with Crippen LogP contribution in [-0.2, 0) is 6.18 Å². The summed E-state index contributed by atoms with van der Waals surface area (Å²) in [6.07, 6.45) is -3.14. The maximum Gasteiger partial charge on any atom is 0.416 e. The van der Waals surface area contributed by atoms with Crippen LogP contribution in [0.5, 0.6) is 11.6 Å². The van der Waals surface area contributed by atoms with Gasteiger partial charge >= 0.3 is 6.18 Å². The van der Waals surface area contributed by atoms with E-state index >= 15 is 0 Å². The Morgan fingerprint density at radius 2 is 1.74 bits per heavy atom. The monoisotopic (exact) mass is 593 g/mol. The maximum absolute atomic E-state index is 14.2. The zero-order chi connectivity index (χ0) is 29.9. The van der Waals surface area contributed by atoms with Gasteiger partial charge in [0, 0.05) is 22.2 Å². The van der Waals surface area contributed by atoms with Crippen molar-refractivity contribution in [3.05, 3.63) is 89.5 Å². The molecular formula is C32H34F3N5OS. The van der Waals surface area contributed by atoms with Crippen molar-refractivity contribution in [3.8, 4) is 22.9 Å². The molecule has 0 radical (unpaired) electrons. The van der Waals surface area contributed by atoms with E-state index in [1.807, 2.05) is 49.5 Å². The molecule has 1 aromatic heterocycles. The molecule has 220 valence electrons. The first-order chi connectivity index (χ1) is 20.1. The highest BCUT2D eigenvalue weighted by molar-refractivity contribution is 8.00. The van der Waals surface area contributed by atoms with Gasteiger partial charge in [-0.25, -0.2) is 4.98 Å². The first-order valence-electron chi connectivity index (χ1n) is 13.9. The number of benzene rings is 3. The smallest absolute Gasteiger partial charge is 0.416 e. The number of nitrogens with two attached hydrogens (primary N) is 1. The van der Waals surface area contributed by atoms with E-state index in [1.54, 1.807) is 24.3 Å². The molecule has 42 heavy (non-hydrogen) atoms. The van der Waals surface area contributed by atoms with Crippen molar-refractivity contribution in [2.45, 2.75) is 49.6 Å². The minimum Gasteiger partial charge on any atom is -0.439 e. The minimum atomic E-state index is -4.51. The number of alkyl halides is 3. The molecule has 0 spiro atoms. The number of nitrogens with zero attached hydrogens (tertiary/aromatic N) is 3. The van der Waals surface area contributed by atoms with Gasteiger partial charge in [0.25, 0.3) is 0 Å². The predicted octanol–water partition coefficient (Wildman–Crippen LogP) is 8.59. The van der Waals surface area contributed by atoms with Gasteiger partial charge in [-0.1, -0.05) is 50.2 Å². The average molecular weight is 594 g/mol. The Morgan fingerprint density at radius 1 is 0.976 bits per heavy atom. The first kappa shape index (κ1) is 29.7. The van der Waals surface area contributed by atoms with Gasteiger partial charge in [0.1, 0.15) is 5.75 Å². The number of anilines is 2. The summed E-state index contributed by atoms with van der Waals surface area (Å²) in [5.41, 5.74) is 8.76. The maximum atomic E-state index is 14.2. The molecule has 10 heteroatoms. The van der Waals surface area contributed by atoms with Crippen molar-refractivity contribution in [3.63, 3.8) is 0 Å². The number of halogens is 3. The Bertz CT molecular complexity index is 1540. The number of aromatic nitrogens is 2. The topological polar surface area (TPSA) is 76.3 Å². The molecule has 5 rings (SSSR count). The largest absolute Gasteiger partial charge is 0.439 e. The van der Waals surface area contributed by atoms with E-state index in [9.17, 15) is 13.2 Å². The number of nitrogens with one attached hydrogen (secondary N) is 1. The Labute approximate surface area is 248 Å². The van der Waals surface area contributed by atoms with E-state index in [-0.39, 0.29) is 29.4 Å². The van der Waals surface area contributed by atoms with Crippen molar-refractivity contribution >= 4 is 23.6 Å². The number of likely N-dealkylation sites (tertiary alicyclic amines) is 1. The van der Waals surface area contributed by atoms with Crippen LogP contribution < -0.4 is 15.2 Å². The number of ether oxygens (including phenoxy) is 1. The van der Waals surface area contributed by atoms with Crippen LogP contribution in [0.1, 0.15) is 55.2 Å². The molecule has 3 aromatic carbocycles. The molecule has 2 heterocycles. The van der Waals surface area contributed by atoms with Gasteiger partial charge in [-0.05, 0) is 98.2 Å². The predicted molar refractivity (Wildman–Crippen MR) is 163 cm³/mol. The third kappa shape index (κ3) is 7.17. The lowest BCUT2D eigenvalue weighted by molar-refractivity contribution is -0.138. The van der Waals surface area contributed by atoms with Crippen LogP contribution in [0.25, 0.3) is 11.3 Å². The zero-order valence-electron chi connectivity index (χ0n) is 23.8. The Morgan fingerprint density at radius 3 is 2.45 bits per heavy atom. The highest BCUT2D eigenvalue weighted by atomic mass is 32.2. The molecular weight excluding hydrogens is 559 g/mol. The molecule has 0 atom stereocenters. The molecule has 1 fully saturated rings. The Kier molecular flexibility index (Phi) is 8.93. The normalized spacial score (nSPS) is 14.7. The molecule has 0 saturated carbocycles. The van der Waals surface area contributed by atoms with Gasteiger partial charge in [-0.3, -0.25) is 4.72 Å². The van der Waals surface area contributed by atoms with Crippen LogP contribution in [0, 0.1) is 0 Å². The molecule has 0 unspecified atom stereocenters. The van der Waals surface area contributed by atoms with Crippen molar-refractivity contribution in [1.82, 2.24) is 14.9 Å². The van der Waals surface area contributed by atoms with Gasteiger partial charge in [0.15, 0.2) is 0 Å². The minimum absolute atomic E-state index is 0.0650. The van der Waals surface area contributed by atoms with Crippen LogP contribution in [0.3, 0.4) is 0 Å². The second-order valence-corrected chi connectivity index (χ2v) is 11.7. The molecule has 0 amide bonds. The molecule has 4 aromatic rings. The third-order valence-electron chi connectivity index (χ3n) is 7.39. The van der Waals surface area contributed by atoms with E-state index in [0.29, 0.717) is 29.8 Å². The summed E-state index contributed by atoms with van der Waals surface area (Å²) in [5, 5.41) is 0. The van der Waals surface area contributed by atoms with Gasteiger partial charge in [-0.2, -0.15) is 18.2 Å². The number of hydrogen-bond donors (Lipinski definition) is 2. The van der Waals surface area contributed by atoms with Gasteiger partial charge in [0.05, 0.1) is 11.3 Å². The summed E-state index contributed by atoms with van der Waals surface area (Å²) in [6.45, 7) is 5.73. The summed E-state index contributed by atoms with van der Waals surface area (Å²) in [5.74, 6) is 0.530. The van der Waals surface area contributed by atoms with Gasteiger partial charge in [-0.15, -0.1) is 0 Å². The fourth-order valence-electron chi connectivity index (χ4n) is 5.22. The number of hydrogen-bond acceptors (Lipinski definition) is 7. The molecule has 1 aliphatic heterocycles. The quantitative estimate of drug-likeness (QED) is 0.157. The molecule has 1 saturated heterocycles. The fraction of sp³-hybridized carbons (Fsp3) is 0.312. The van der Waals surface area contributed by atoms with Crippen LogP contribution in [-0.4, -0.2) is 35.0 Å². The summed E-state index contributed by atoms with van der Waals surface area (Å²) >= 11 is 1.28. The van der Waals surface area contributed by atoms with Crippen molar-refractivity contribution in [2.24, 2.45) is 0 Å². The summed E-state index contributed by atoms with van der Waals surface area (Å²) in [7, 11) is 1.99. The van der Waals surface area contributed by atoms with E-state index in [4.69, 9.17) is 15.5 Å². The van der Waals surface area contributed by atoms with E-state index in [0.717, 1.165) is 35.2 Å². The Hall–Kier alpha value is -3.76. The summed E-state index contributed by atoms with van der Waals surface area (Å²) < 4.78 is 51.9. The van der Waals surface area contributed by atoms with Crippen LogP contribution >= 0.6 is 11.9 Å². The zero-order valence-corrected chi connectivity index (χ0v) is 24.6. The molecule has 3 N–H and O–H groups in total. The van der Waals surface area contributed by atoms with E-state index in [2.05, 4.69) is 28.5 Å². The highest BCUT2D eigenvalue weighted by Crippen LogP contribution is 2.41. The number of piperidine rings is 1. The number of rotatable bonds is 8. The summed E-state index contributed by atoms with van der Waals surface area (Å²) in [4.78, 5) is 12.2. The average Bonchev–Trinajstić information content (AvgIpc) is 2.96. The van der Waals surface area contributed by atoms with Crippen LogP contribution in [0.4, 0.5) is 24.8 Å². The second-order valence-electron chi connectivity index (χ2n) is 10.9. The van der Waals surface area contributed by atoms with Crippen molar-refractivity contribution in [2.75, 3.05) is 30.6 Å². The molecule has 6 nitrogen and oxygen atoms in total. The molecule has 0 bridgehead atoms. The lowest BCUT2D eigenvalue weighted by atomic mass is 9.86. The highest BCUT2D eigenvalue weighted by Gasteiger charge is 2.36. The van der Waals surface area contributed by atoms with Crippen LogP contribution in [0.15, 0.2) is 77.7 Å². The standard InChI is InChI=1S/C32H34F3N5OS/c1-20(2)25-9-4-5-10-27(25)29-19-30(38-31(37-29)39-42-24-8-6-7-22(36)17-24)41-23-11-12-26(28(18-23)32(33,34)35)21-13-15-40(3)16-14-21/h4-12,17-21H,13-16,36H2,1-3H3,(H,37,38,39). The second kappa shape index (κ2) is 12.6. The van der Waals surface area contributed by atoms with E-state index < -0.39 is 11.7 Å². The van der Waals surface area contributed by atoms with Crippen molar-refractivity contribution in [1.29, 1.82) is 0 Å². The lowest BCUT2D eigenvalue weighted by Crippen LogP contribution is -2.30. The van der Waals surface area contributed by atoms with Gasteiger partial charge in [0.2, 0.25) is 11.8 Å². The van der Waals surface area contributed by atoms with Crippen LogP contribution in [0.2, 0.25) is 0 Å². The third-order valence-corrected chi connectivity index (χ3v) is 8.16. The fourth-order valence-corrected chi connectivity index (χ4v) is 5.86. The van der Waals surface area contributed by atoms with E-state index in [1.165, 1.54) is 11.9 Å². The molecule has 0 aliphatic carbocycles. The Balaban J connectivity index is 1.50. The first-order valence-corrected chi connectivity index (χ1v) is 14.7. The number of nitrogen functional groups attached to an aromatic ring is 1. The molecule has 1 aliphatic rings. The lowest BCUT2D eigenvalue weighted by Gasteiger charge is -2.30.